The van der Waals surface area contributed by atoms with E-state index < -0.39 is 6.03 Å². The second-order valence-corrected chi connectivity index (χ2v) is 4.20. The molecule has 20 heavy (non-hydrogen) atoms. The summed E-state index contributed by atoms with van der Waals surface area (Å²) in [5.41, 5.74) is 7.08. The first-order chi connectivity index (χ1) is 9.54. The molecule has 2 rings (SSSR count). The number of amides is 2. The highest BCUT2D eigenvalue weighted by atomic mass is 19.1. The normalized spacial score (nSPS) is 10.1. The minimum atomic E-state index is -0.460. The van der Waals surface area contributed by atoms with Crippen molar-refractivity contribution in [3.8, 4) is 5.75 Å². The number of phenolic OH excluding ortho intramolecular Hbond substituents is 1. The van der Waals surface area contributed by atoms with Crippen molar-refractivity contribution in [2.75, 3.05) is 11.1 Å². The molecule has 0 radical (unpaired) electrons. The molecule has 0 aliphatic carbocycles. The Bertz CT molecular complexity index is 614. The van der Waals surface area contributed by atoms with Crippen molar-refractivity contribution in [3.63, 3.8) is 0 Å². The molecule has 6 heteroatoms. The second-order valence-electron chi connectivity index (χ2n) is 4.20. The summed E-state index contributed by atoms with van der Waals surface area (Å²) in [6.07, 6.45) is 0. The van der Waals surface area contributed by atoms with Crippen molar-refractivity contribution >= 4 is 17.4 Å². The number of urea groups is 1. The molecule has 0 spiro atoms. The Labute approximate surface area is 115 Å². The fourth-order valence-electron chi connectivity index (χ4n) is 1.63. The van der Waals surface area contributed by atoms with Gasteiger partial charge in [-0.25, -0.2) is 9.18 Å². The molecular weight excluding hydrogens is 261 g/mol. The summed E-state index contributed by atoms with van der Waals surface area (Å²) in [5.74, 6) is -0.318. The number of aromatic hydroxyl groups is 1. The van der Waals surface area contributed by atoms with Crippen molar-refractivity contribution in [1.82, 2.24) is 5.32 Å². The number of nitrogens with one attached hydrogen (secondary N) is 2. The molecule has 0 saturated heterocycles. The van der Waals surface area contributed by atoms with Crippen LogP contribution in [-0.2, 0) is 6.54 Å². The summed E-state index contributed by atoms with van der Waals surface area (Å²) in [4.78, 5) is 11.6. The maximum atomic E-state index is 12.7. The third-order valence-electron chi connectivity index (χ3n) is 2.65. The molecule has 0 aliphatic rings. The first-order valence-electron chi connectivity index (χ1n) is 5.92. The zero-order chi connectivity index (χ0) is 14.5. The van der Waals surface area contributed by atoms with E-state index in [2.05, 4.69) is 10.6 Å². The molecule has 0 bridgehead atoms. The van der Waals surface area contributed by atoms with Crippen LogP contribution in [0.15, 0.2) is 42.5 Å². The zero-order valence-electron chi connectivity index (χ0n) is 10.6. The lowest BCUT2D eigenvalue weighted by molar-refractivity contribution is 0.251. The molecule has 0 aliphatic heterocycles. The minimum absolute atomic E-state index is 0.0567. The lowest BCUT2D eigenvalue weighted by Crippen LogP contribution is -2.28. The van der Waals surface area contributed by atoms with E-state index in [0.717, 1.165) is 0 Å². The van der Waals surface area contributed by atoms with Crippen LogP contribution in [-0.4, -0.2) is 11.1 Å². The molecule has 0 heterocycles. The Kier molecular flexibility index (Phi) is 4.05. The van der Waals surface area contributed by atoms with Crippen molar-refractivity contribution in [3.05, 3.63) is 53.8 Å². The summed E-state index contributed by atoms with van der Waals surface area (Å²) < 4.78 is 12.7. The van der Waals surface area contributed by atoms with Crippen LogP contribution in [0.3, 0.4) is 0 Å². The van der Waals surface area contributed by atoms with Crippen LogP contribution in [0.2, 0.25) is 0 Å². The highest BCUT2D eigenvalue weighted by Crippen LogP contribution is 2.19. The molecule has 0 atom stereocenters. The Morgan fingerprint density at radius 1 is 1.20 bits per heavy atom. The van der Waals surface area contributed by atoms with E-state index in [1.54, 1.807) is 12.1 Å². The summed E-state index contributed by atoms with van der Waals surface area (Å²) >= 11 is 0. The second kappa shape index (κ2) is 5.92. The molecule has 104 valence electrons. The predicted octanol–water partition coefficient (Wildman–Crippen LogP) is 2.44. The number of hydrogen-bond donors (Lipinski definition) is 4. The largest absolute Gasteiger partial charge is 0.508 e. The van der Waals surface area contributed by atoms with Gasteiger partial charge < -0.3 is 21.5 Å². The molecule has 5 nitrogen and oxygen atoms in total. The molecule has 0 saturated carbocycles. The van der Waals surface area contributed by atoms with Gasteiger partial charge in [-0.1, -0.05) is 0 Å². The van der Waals surface area contributed by atoms with E-state index in [1.807, 2.05) is 0 Å². The maximum Gasteiger partial charge on any atom is 0.319 e. The molecule has 2 aromatic rings. The highest BCUT2D eigenvalue weighted by Gasteiger charge is 2.05. The quantitative estimate of drug-likeness (QED) is 0.512. The fraction of sp³-hybridized carbons (Fsp3) is 0.0714. The number of nitrogen functional groups attached to an aromatic ring is 1. The number of hydrogen-bond acceptors (Lipinski definition) is 3. The van der Waals surface area contributed by atoms with Crippen molar-refractivity contribution in [1.29, 1.82) is 0 Å². The van der Waals surface area contributed by atoms with Crippen LogP contribution in [0.25, 0.3) is 0 Å². The van der Waals surface area contributed by atoms with Gasteiger partial charge in [0.15, 0.2) is 0 Å². The summed E-state index contributed by atoms with van der Waals surface area (Å²) in [6.45, 7) is 0.129. The van der Waals surface area contributed by atoms with E-state index in [0.29, 0.717) is 16.9 Å². The average molecular weight is 275 g/mol. The summed E-state index contributed by atoms with van der Waals surface area (Å²) in [6, 6.07) is 9.55. The van der Waals surface area contributed by atoms with Crippen LogP contribution >= 0.6 is 0 Å². The Balaban J connectivity index is 1.92. The van der Waals surface area contributed by atoms with Gasteiger partial charge in [-0.2, -0.15) is 0 Å². The minimum Gasteiger partial charge on any atom is -0.508 e. The summed E-state index contributed by atoms with van der Waals surface area (Å²) in [7, 11) is 0. The standard InChI is InChI=1S/C14H14FN3O2/c15-10-1-4-12(5-2-10)18-14(20)17-8-9-7-11(16)3-6-13(9)19/h1-7,19H,8,16H2,(H2,17,18,20). The van der Waals surface area contributed by atoms with Gasteiger partial charge in [-0.05, 0) is 42.5 Å². The SMILES string of the molecule is Nc1ccc(O)c(CNC(=O)Nc2ccc(F)cc2)c1. The molecule has 2 amide bonds. The van der Waals surface area contributed by atoms with Crippen LogP contribution in [0.1, 0.15) is 5.56 Å². The van der Waals surface area contributed by atoms with Crippen LogP contribution < -0.4 is 16.4 Å². The molecule has 0 unspecified atom stereocenters. The van der Waals surface area contributed by atoms with Crippen LogP contribution in [0, 0.1) is 5.82 Å². The first-order valence-corrected chi connectivity index (χ1v) is 5.92. The van der Waals surface area contributed by atoms with Gasteiger partial charge in [0.1, 0.15) is 11.6 Å². The van der Waals surface area contributed by atoms with Crippen molar-refractivity contribution in [2.24, 2.45) is 0 Å². The van der Waals surface area contributed by atoms with E-state index in [9.17, 15) is 14.3 Å². The van der Waals surface area contributed by atoms with E-state index >= 15 is 0 Å². The van der Waals surface area contributed by atoms with E-state index in [-0.39, 0.29) is 18.1 Å². The predicted molar refractivity (Wildman–Crippen MR) is 74.8 cm³/mol. The van der Waals surface area contributed by atoms with Crippen LogP contribution in [0.4, 0.5) is 20.6 Å². The van der Waals surface area contributed by atoms with Gasteiger partial charge in [0.2, 0.25) is 0 Å². The lowest BCUT2D eigenvalue weighted by atomic mass is 10.2. The topological polar surface area (TPSA) is 87.4 Å². The van der Waals surface area contributed by atoms with Gasteiger partial charge in [0.25, 0.3) is 0 Å². The van der Waals surface area contributed by atoms with Crippen molar-refractivity contribution < 1.29 is 14.3 Å². The maximum absolute atomic E-state index is 12.7. The van der Waals surface area contributed by atoms with Gasteiger partial charge in [0, 0.05) is 23.5 Å². The lowest BCUT2D eigenvalue weighted by Gasteiger charge is -2.09. The van der Waals surface area contributed by atoms with E-state index in [4.69, 9.17) is 5.73 Å². The first kappa shape index (κ1) is 13.7. The third kappa shape index (κ3) is 3.61. The molecule has 2 aromatic carbocycles. The van der Waals surface area contributed by atoms with E-state index in [1.165, 1.54) is 30.3 Å². The molecular formula is C14H14FN3O2. The summed E-state index contributed by atoms with van der Waals surface area (Å²) in [5, 5.41) is 14.7. The van der Waals surface area contributed by atoms with Gasteiger partial charge in [0.05, 0.1) is 0 Å². The average Bonchev–Trinajstić information content (AvgIpc) is 2.42. The van der Waals surface area contributed by atoms with Crippen LogP contribution in [0.5, 0.6) is 5.75 Å². The highest BCUT2D eigenvalue weighted by molar-refractivity contribution is 5.89. The molecule has 5 N–H and O–H groups in total. The smallest absolute Gasteiger partial charge is 0.319 e. The number of benzene rings is 2. The number of nitrogens with two attached hydrogens (primary N) is 1. The molecule has 0 fully saturated rings. The van der Waals surface area contributed by atoms with Gasteiger partial charge in [-0.15, -0.1) is 0 Å². The third-order valence-corrected chi connectivity index (χ3v) is 2.65. The van der Waals surface area contributed by atoms with Crippen molar-refractivity contribution in [2.45, 2.75) is 6.54 Å². The zero-order valence-corrected chi connectivity index (χ0v) is 10.6. The Morgan fingerprint density at radius 2 is 1.90 bits per heavy atom. The number of anilines is 2. The fourth-order valence-corrected chi connectivity index (χ4v) is 1.63. The Hall–Kier alpha value is -2.76. The molecule has 0 aromatic heterocycles. The van der Waals surface area contributed by atoms with Gasteiger partial charge >= 0.3 is 6.03 Å². The Morgan fingerprint density at radius 3 is 2.60 bits per heavy atom. The van der Waals surface area contributed by atoms with Gasteiger partial charge in [-0.3, -0.25) is 0 Å². The number of rotatable bonds is 3. The number of carbonyl (C=O) groups is 1. The number of halogens is 1. The number of carbonyl (C=O) groups excluding carboxylic acids is 1. The number of phenols is 1. The monoisotopic (exact) mass is 275 g/mol.